The lowest BCUT2D eigenvalue weighted by molar-refractivity contribution is -0.384. The van der Waals surface area contributed by atoms with E-state index >= 15 is 0 Å². The Morgan fingerprint density at radius 1 is 1.35 bits per heavy atom. The number of nitrogens with zero attached hydrogens (tertiary/aromatic N) is 1. The van der Waals surface area contributed by atoms with Crippen molar-refractivity contribution in [2.45, 2.75) is 39.2 Å². The van der Waals surface area contributed by atoms with Gasteiger partial charge in [0.1, 0.15) is 5.69 Å². The van der Waals surface area contributed by atoms with E-state index in [1.807, 2.05) is 13.8 Å². The molecule has 0 spiro atoms. The zero-order valence-electron chi connectivity index (χ0n) is 11.7. The van der Waals surface area contributed by atoms with Crippen molar-refractivity contribution in [1.82, 2.24) is 0 Å². The van der Waals surface area contributed by atoms with Gasteiger partial charge >= 0.3 is 0 Å². The maximum Gasteiger partial charge on any atom is 0.293 e. The first-order chi connectivity index (χ1) is 9.38. The largest absolute Gasteiger partial charge is 0.328 e. The summed E-state index contributed by atoms with van der Waals surface area (Å²) in [5.74, 6) is -0.324. The molecule has 1 aromatic rings. The highest BCUT2D eigenvalue weighted by Crippen LogP contribution is 2.30. The lowest BCUT2D eigenvalue weighted by atomic mass is 10.1. The van der Waals surface area contributed by atoms with E-state index in [1.165, 1.54) is 6.07 Å². The number of nitro groups is 1. The predicted octanol–water partition coefficient (Wildman–Crippen LogP) is 2.28. The maximum atomic E-state index is 12.1. The average Bonchev–Trinajstić information content (AvgIpc) is 2.80. The molecule has 2 unspecified atom stereocenters. The van der Waals surface area contributed by atoms with Crippen molar-refractivity contribution < 1.29 is 9.72 Å². The fourth-order valence-corrected chi connectivity index (χ4v) is 2.54. The number of aryl methyl sites for hydroxylation is 2. The van der Waals surface area contributed by atoms with Crippen molar-refractivity contribution in [2.24, 2.45) is 11.7 Å². The number of amides is 1. The monoisotopic (exact) mass is 277 g/mol. The van der Waals surface area contributed by atoms with Crippen molar-refractivity contribution >= 4 is 17.3 Å². The molecule has 1 saturated carbocycles. The predicted molar refractivity (Wildman–Crippen MR) is 76.5 cm³/mol. The van der Waals surface area contributed by atoms with E-state index in [9.17, 15) is 14.9 Å². The lowest BCUT2D eigenvalue weighted by Gasteiger charge is -2.12. The molecule has 1 aliphatic carbocycles. The van der Waals surface area contributed by atoms with Gasteiger partial charge in [0.15, 0.2) is 0 Å². The number of carbonyl (C=O) groups is 1. The van der Waals surface area contributed by atoms with Gasteiger partial charge in [0.05, 0.1) is 4.92 Å². The molecule has 6 nitrogen and oxygen atoms in total. The van der Waals surface area contributed by atoms with E-state index in [4.69, 9.17) is 5.73 Å². The zero-order valence-corrected chi connectivity index (χ0v) is 11.7. The number of nitro benzene ring substituents is 1. The molecule has 108 valence electrons. The summed E-state index contributed by atoms with van der Waals surface area (Å²) < 4.78 is 0. The molecule has 2 atom stereocenters. The minimum absolute atomic E-state index is 0.0560. The highest BCUT2D eigenvalue weighted by molar-refractivity contribution is 5.95. The van der Waals surface area contributed by atoms with Crippen LogP contribution < -0.4 is 11.1 Å². The second-order valence-corrected chi connectivity index (χ2v) is 5.47. The Kier molecular flexibility index (Phi) is 4.04. The number of hydrogen-bond donors (Lipinski definition) is 2. The van der Waals surface area contributed by atoms with Crippen molar-refractivity contribution in [3.05, 3.63) is 33.4 Å². The maximum absolute atomic E-state index is 12.1. The Balaban J connectivity index is 2.22. The van der Waals surface area contributed by atoms with Gasteiger partial charge in [-0.05, 0) is 50.3 Å². The van der Waals surface area contributed by atoms with E-state index in [0.29, 0.717) is 6.42 Å². The molecule has 3 N–H and O–H groups in total. The molecule has 1 fully saturated rings. The van der Waals surface area contributed by atoms with E-state index in [1.54, 1.807) is 6.07 Å². The van der Waals surface area contributed by atoms with Crippen LogP contribution in [0.3, 0.4) is 0 Å². The van der Waals surface area contributed by atoms with E-state index in [2.05, 4.69) is 5.32 Å². The highest BCUT2D eigenvalue weighted by Gasteiger charge is 2.29. The Labute approximate surface area is 117 Å². The van der Waals surface area contributed by atoms with Crippen LogP contribution in [-0.4, -0.2) is 16.9 Å². The Morgan fingerprint density at radius 2 is 2.00 bits per heavy atom. The summed E-state index contributed by atoms with van der Waals surface area (Å²) in [6, 6.07) is 3.20. The molecule has 6 heteroatoms. The standard InChI is InChI=1S/C14H19N3O3/c1-8-5-12(13(17(19)20)6-9(8)2)16-14(18)10-3-4-11(15)7-10/h5-6,10-11H,3-4,7,15H2,1-2H3,(H,16,18). The smallest absolute Gasteiger partial charge is 0.293 e. The first kappa shape index (κ1) is 14.5. The van der Waals surface area contributed by atoms with Gasteiger partial charge in [-0.1, -0.05) is 0 Å². The number of benzene rings is 1. The second kappa shape index (κ2) is 5.58. The topological polar surface area (TPSA) is 98.3 Å². The van der Waals surface area contributed by atoms with Gasteiger partial charge in [-0.2, -0.15) is 0 Å². The normalized spacial score (nSPS) is 21.8. The van der Waals surface area contributed by atoms with Crippen LogP contribution in [0.2, 0.25) is 0 Å². The van der Waals surface area contributed by atoms with Gasteiger partial charge < -0.3 is 11.1 Å². The molecule has 0 saturated heterocycles. The highest BCUT2D eigenvalue weighted by atomic mass is 16.6. The SMILES string of the molecule is Cc1cc(NC(=O)C2CCC(N)C2)c([N+](=O)[O-])cc1C. The molecular weight excluding hydrogens is 258 g/mol. The van der Waals surface area contributed by atoms with Gasteiger partial charge in [0, 0.05) is 18.0 Å². The second-order valence-electron chi connectivity index (χ2n) is 5.47. The summed E-state index contributed by atoms with van der Waals surface area (Å²) in [5, 5.41) is 13.8. The molecule has 0 bridgehead atoms. The third-order valence-electron chi connectivity index (χ3n) is 3.91. The number of anilines is 1. The number of nitrogens with one attached hydrogen (secondary N) is 1. The van der Waals surface area contributed by atoms with E-state index in [-0.39, 0.29) is 29.2 Å². The van der Waals surface area contributed by atoms with Crippen LogP contribution in [0, 0.1) is 29.9 Å². The van der Waals surface area contributed by atoms with E-state index < -0.39 is 4.92 Å². The molecule has 1 aliphatic rings. The molecule has 1 aromatic carbocycles. The fourth-order valence-electron chi connectivity index (χ4n) is 2.54. The van der Waals surface area contributed by atoms with Crippen molar-refractivity contribution in [3.8, 4) is 0 Å². The Morgan fingerprint density at radius 3 is 2.55 bits per heavy atom. The van der Waals surface area contributed by atoms with Crippen molar-refractivity contribution in [3.63, 3.8) is 0 Å². The quantitative estimate of drug-likeness (QED) is 0.654. The van der Waals surface area contributed by atoms with Gasteiger partial charge in [-0.3, -0.25) is 14.9 Å². The van der Waals surface area contributed by atoms with Crippen LogP contribution in [-0.2, 0) is 4.79 Å². The Bertz CT molecular complexity index is 557. The summed E-state index contributed by atoms with van der Waals surface area (Å²) in [6.07, 6.45) is 2.21. The van der Waals surface area contributed by atoms with Gasteiger partial charge in [-0.25, -0.2) is 0 Å². The number of nitrogens with two attached hydrogens (primary N) is 1. The van der Waals surface area contributed by atoms with Gasteiger partial charge in [-0.15, -0.1) is 0 Å². The van der Waals surface area contributed by atoms with Crippen molar-refractivity contribution in [1.29, 1.82) is 0 Å². The van der Waals surface area contributed by atoms with Crippen LogP contribution in [0.25, 0.3) is 0 Å². The number of hydrogen-bond acceptors (Lipinski definition) is 4. The molecular formula is C14H19N3O3. The molecule has 1 amide bonds. The van der Waals surface area contributed by atoms with Crippen LogP contribution in [0.15, 0.2) is 12.1 Å². The zero-order chi connectivity index (χ0) is 14.9. The van der Waals surface area contributed by atoms with Crippen LogP contribution in [0.1, 0.15) is 30.4 Å². The van der Waals surface area contributed by atoms with E-state index in [0.717, 1.165) is 24.0 Å². The first-order valence-corrected chi connectivity index (χ1v) is 6.70. The molecule has 0 heterocycles. The van der Waals surface area contributed by atoms with Crippen molar-refractivity contribution in [2.75, 3.05) is 5.32 Å². The third kappa shape index (κ3) is 2.96. The van der Waals surface area contributed by atoms with Gasteiger partial charge in [0.2, 0.25) is 5.91 Å². The Hall–Kier alpha value is -1.95. The summed E-state index contributed by atoms with van der Waals surface area (Å²) >= 11 is 0. The summed E-state index contributed by atoms with van der Waals surface area (Å²) in [5.41, 5.74) is 7.73. The molecule has 0 radical (unpaired) electrons. The van der Waals surface area contributed by atoms with Gasteiger partial charge in [0.25, 0.3) is 5.69 Å². The third-order valence-corrected chi connectivity index (χ3v) is 3.91. The number of carbonyl (C=O) groups excluding carboxylic acids is 1. The summed E-state index contributed by atoms with van der Waals surface area (Å²) in [7, 11) is 0. The molecule has 20 heavy (non-hydrogen) atoms. The minimum Gasteiger partial charge on any atom is -0.328 e. The number of rotatable bonds is 3. The van der Waals surface area contributed by atoms with Crippen LogP contribution in [0.5, 0.6) is 0 Å². The van der Waals surface area contributed by atoms with Crippen LogP contribution in [0.4, 0.5) is 11.4 Å². The lowest BCUT2D eigenvalue weighted by Crippen LogP contribution is -2.23. The summed E-state index contributed by atoms with van der Waals surface area (Å²) in [4.78, 5) is 22.7. The molecule has 0 aromatic heterocycles. The fraction of sp³-hybridized carbons (Fsp3) is 0.500. The first-order valence-electron chi connectivity index (χ1n) is 6.70. The summed E-state index contributed by atoms with van der Waals surface area (Å²) in [6.45, 7) is 3.67. The molecule has 0 aliphatic heterocycles. The average molecular weight is 277 g/mol. The van der Waals surface area contributed by atoms with Crippen LogP contribution >= 0.6 is 0 Å². The minimum atomic E-state index is -0.470. The molecule has 2 rings (SSSR count).